The minimum atomic E-state index is -0.807. The summed E-state index contributed by atoms with van der Waals surface area (Å²) < 4.78 is 0. The molecule has 23 heavy (non-hydrogen) atoms. The Kier molecular flexibility index (Phi) is 14.6. The van der Waals surface area contributed by atoms with E-state index in [1.165, 1.54) is 38.5 Å². The van der Waals surface area contributed by atoms with Gasteiger partial charge in [0.1, 0.15) is 0 Å². The molecule has 0 atom stereocenters. The van der Waals surface area contributed by atoms with Gasteiger partial charge in [0.05, 0.1) is 4.92 Å². The molecule has 0 rings (SSSR count). The van der Waals surface area contributed by atoms with Gasteiger partial charge in [-0.15, -0.1) is 0 Å². The first kappa shape index (κ1) is 21.6. The molecule has 0 fully saturated rings. The van der Waals surface area contributed by atoms with Crippen molar-refractivity contribution in [1.82, 2.24) is 0 Å². The van der Waals surface area contributed by atoms with Gasteiger partial charge >= 0.3 is 5.97 Å². The van der Waals surface area contributed by atoms with Crippen LogP contribution in [-0.4, -0.2) is 16.0 Å². The van der Waals surface area contributed by atoms with Crippen LogP contribution in [0, 0.1) is 10.1 Å². The smallest absolute Gasteiger partial charge is 0.303 e. The summed E-state index contributed by atoms with van der Waals surface area (Å²) in [5, 5.41) is 19.5. The molecule has 0 aliphatic heterocycles. The Morgan fingerprint density at radius 2 is 1.43 bits per heavy atom. The van der Waals surface area contributed by atoms with E-state index in [-0.39, 0.29) is 11.3 Å². The zero-order valence-electron chi connectivity index (χ0n) is 14.6. The molecule has 5 heteroatoms. The van der Waals surface area contributed by atoms with E-state index in [9.17, 15) is 14.9 Å². The highest BCUT2D eigenvalue weighted by atomic mass is 16.6. The molecule has 0 bridgehead atoms. The average molecular weight is 327 g/mol. The quantitative estimate of drug-likeness (QED) is 0.223. The molecule has 0 heterocycles. The maximum Gasteiger partial charge on any atom is 0.303 e. The summed E-state index contributed by atoms with van der Waals surface area (Å²) in [6.45, 7) is 2.21. The van der Waals surface area contributed by atoms with Crippen molar-refractivity contribution in [2.24, 2.45) is 0 Å². The predicted octanol–water partition coefficient (Wildman–Crippen LogP) is 5.71. The molecule has 0 saturated carbocycles. The first-order valence-corrected chi connectivity index (χ1v) is 9.13. The number of hydrogen-bond donors (Lipinski definition) is 1. The highest BCUT2D eigenvalue weighted by Gasteiger charge is 2.09. The van der Waals surface area contributed by atoms with E-state index in [0.29, 0.717) is 31.4 Å². The van der Waals surface area contributed by atoms with Crippen molar-refractivity contribution in [3.05, 3.63) is 21.9 Å². The standard InChI is InChI=1S/C18H33NO4/c1-2-3-4-5-6-7-8-9-11-14-17(19(22)23)15-12-10-13-16-18(20)21/h15H,2-14,16H2,1H3,(H,20,21)/b17-15+. The van der Waals surface area contributed by atoms with Crippen molar-refractivity contribution >= 4 is 5.97 Å². The third-order valence-corrected chi connectivity index (χ3v) is 4.00. The van der Waals surface area contributed by atoms with Crippen LogP contribution < -0.4 is 0 Å². The Morgan fingerprint density at radius 1 is 0.913 bits per heavy atom. The van der Waals surface area contributed by atoms with Gasteiger partial charge in [0.2, 0.25) is 5.70 Å². The number of unbranched alkanes of at least 4 members (excludes halogenated alkanes) is 10. The van der Waals surface area contributed by atoms with Crippen LogP contribution in [0.2, 0.25) is 0 Å². The van der Waals surface area contributed by atoms with Gasteiger partial charge in [-0.05, 0) is 31.8 Å². The maximum absolute atomic E-state index is 11.0. The fourth-order valence-corrected chi connectivity index (χ4v) is 2.57. The van der Waals surface area contributed by atoms with Crippen molar-refractivity contribution in [3.8, 4) is 0 Å². The van der Waals surface area contributed by atoms with Crippen LogP contribution in [0.25, 0.3) is 0 Å². The molecule has 0 unspecified atom stereocenters. The summed E-state index contributed by atoms with van der Waals surface area (Å²) in [5.74, 6) is -0.807. The van der Waals surface area contributed by atoms with E-state index in [4.69, 9.17) is 5.11 Å². The van der Waals surface area contributed by atoms with E-state index in [1.54, 1.807) is 6.08 Å². The minimum Gasteiger partial charge on any atom is -0.481 e. The molecule has 0 aliphatic rings. The van der Waals surface area contributed by atoms with E-state index in [2.05, 4.69) is 6.92 Å². The zero-order chi connectivity index (χ0) is 17.3. The summed E-state index contributed by atoms with van der Waals surface area (Å²) >= 11 is 0. The lowest BCUT2D eigenvalue weighted by atomic mass is 10.1. The van der Waals surface area contributed by atoms with Crippen molar-refractivity contribution in [2.45, 2.75) is 96.8 Å². The van der Waals surface area contributed by atoms with Gasteiger partial charge in [-0.25, -0.2) is 0 Å². The fraction of sp³-hybridized carbons (Fsp3) is 0.833. The van der Waals surface area contributed by atoms with E-state index >= 15 is 0 Å². The first-order valence-electron chi connectivity index (χ1n) is 9.13. The largest absolute Gasteiger partial charge is 0.481 e. The van der Waals surface area contributed by atoms with E-state index < -0.39 is 5.97 Å². The Bertz CT molecular complexity index is 353. The minimum absolute atomic E-state index is 0.139. The van der Waals surface area contributed by atoms with Gasteiger partial charge in [0.15, 0.2) is 0 Å². The average Bonchev–Trinajstić information content (AvgIpc) is 2.50. The molecule has 0 spiro atoms. The molecule has 0 aromatic heterocycles. The van der Waals surface area contributed by atoms with Gasteiger partial charge in [0, 0.05) is 12.8 Å². The summed E-state index contributed by atoms with van der Waals surface area (Å²) in [6.07, 6.45) is 15.0. The maximum atomic E-state index is 11.0. The SMILES string of the molecule is CCCCCCCCCCC/C(=C\CCCCC(=O)O)[N+](=O)[O-]. The Balaban J connectivity index is 3.67. The van der Waals surface area contributed by atoms with Crippen LogP contribution in [0.5, 0.6) is 0 Å². The van der Waals surface area contributed by atoms with Crippen LogP contribution in [0.1, 0.15) is 96.8 Å². The fourth-order valence-electron chi connectivity index (χ4n) is 2.57. The van der Waals surface area contributed by atoms with Gasteiger partial charge < -0.3 is 5.11 Å². The lowest BCUT2D eigenvalue weighted by Gasteiger charge is -2.02. The Hall–Kier alpha value is -1.39. The second kappa shape index (κ2) is 15.5. The Morgan fingerprint density at radius 3 is 1.96 bits per heavy atom. The number of rotatable bonds is 16. The number of carboxylic acids is 1. The lowest BCUT2D eigenvalue weighted by Crippen LogP contribution is -1.99. The van der Waals surface area contributed by atoms with Crippen molar-refractivity contribution in [2.75, 3.05) is 0 Å². The second-order valence-corrected chi connectivity index (χ2v) is 6.17. The van der Waals surface area contributed by atoms with Crippen LogP contribution in [0.3, 0.4) is 0 Å². The van der Waals surface area contributed by atoms with Crippen LogP contribution in [0.15, 0.2) is 11.8 Å². The lowest BCUT2D eigenvalue weighted by molar-refractivity contribution is -0.428. The van der Waals surface area contributed by atoms with E-state index in [1.807, 2.05) is 0 Å². The highest BCUT2D eigenvalue weighted by Crippen LogP contribution is 2.15. The number of allylic oxidation sites excluding steroid dienone is 2. The number of nitrogens with zero attached hydrogens (tertiary/aromatic N) is 1. The molecule has 5 nitrogen and oxygen atoms in total. The molecule has 0 saturated heterocycles. The topological polar surface area (TPSA) is 80.4 Å². The van der Waals surface area contributed by atoms with E-state index in [0.717, 1.165) is 19.3 Å². The number of aliphatic carboxylic acids is 1. The molecular weight excluding hydrogens is 294 g/mol. The van der Waals surface area contributed by atoms with Crippen LogP contribution in [0.4, 0.5) is 0 Å². The van der Waals surface area contributed by atoms with Gasteiger partial charge in [-0.3, -0.25) is 14.9 Å². The predicted molar refractivity (Wildman–Crippen MR) is 93.0 cm³/mol. The molecule has 0 aliphatic carbocycles. The number of nitro groups is 1. The van der Waals surface area contributed by atoms with Gasteiger partial charge in [0.25, 0.3) is 0 Å². The van der Waals surface area contributed by atoms with Crippen molar-refractivity contribution in [1.29, 1.82) is 0 Å². The molecule has 134 valence electrons. The number of hydrogen-bond acceptors (Lipinski definition) is 3. The third-order valence-electron chi connectivity index (χ3n) is 4.00. The van der Waals surface area contributed by atoms with Crippen LogP contribution >= 0.6 is 0 Å². The van der Waals surface area contributed by atoms with Crippen molar-refractivity contribution in [3.63, 3.8) is 0 Å². The van der Waals surface area contributed by atoms with Gasteiger partial charge in [-0.2, -0.15) is 0 Å². The number of carboxylic acid groups (broad SMARTS) is 1. The highest BCUT2D eigenvalue weighted by molar-refractivity contribution is 5.66. The van der Waals surface area contributed by atoms with Crippen molar-refractivity contribution < 1.29 is 14.8 Å². The molecule has 1 N–H and O–H groups in total. The Labute approximate surface area is 140 Å². The third kappa shape index (κ3) is 15.3. The molecule has 0 aromatic carbocycles. The first-order chi connectivity index (χ1) is 11.1. The summed E-state index contributed by atoms with van der Waals surface area (Å²) in [6, 6.07) is 0. The zero-order valence-corrected chi connectivity index (χ0v) is 14.6. The summed E-state index contributed by atoms with van der Waals surface area (Å²) in [5.41, 5.74) is 0.295. The van der Waals surface area contributed by atoms with Gasteiger partial charge in [-0.1, -0.05) is 58.3 Å². The molecule has 0 amide bonds. The van der Waals surface area contributed by atoms with Crippen LogP contribution in [-0.2, 0) is 4.79 Å². The monoisotopic (exact) mass is 327 g/mol. The normalized spacial score (nSPS) is 11.6. The summed E-state index contributed by atoms with van der Waals surface area (Å²) in [4.78, 5) is 21.1. The second-order valence-electron chi connectivity index (χ2n) is 6.17. The molecular formula is C18H33NO4. The molecule has 0 aromatic rings. The summed E-state index contributed by atoms with van der Waals surface area (Å²) in [7, 11) is 0. The number of carbonyl (C=O) groups is 1. The molecule has 0 radical (unpaired) electrons.